The fourth-order valence-corrected chi connectivity index (χ4v) is 3.42. The molecule has 0 aliphatic carbocycles. The summed E-state index contributed by atoms with van der Waals surface area (Å²) in [6.07, 6.45) is 2.08. The lowest BCUT2D eigenvalue weighted by Gasteiger charge is -2.30. The normalized spacial score (nSPS) is 15.1. The summed E-state index contributed by atoms with van der Waals surface area (Å²) in [5.74, 6) is 0.131. The van der Waals surface area contributed by atoms with Gasteiger partial charge in [0, 0.05) is 13.1 Å². The van der Waals surface area contributed by atoms with E-state index in [0.717, 1.165) is 37.1 Å². The van der Waals surface area contributed by atoms with E-state index in [1.165, 1.54) is 0 Å². The molecule has 0 bridgehead atoms. The Morgan fingerprint density at radius 2 is 1.46 bits per heavy atom. The van der Waals surface area contributed by atoms with E-state index in [1.54, 1.807) is 0 Å². The minimum Gasteiger partial charge on any atom is -0.346 e. The molecule has 2 amide bonds. The Balaban J connectivity index is 1.67. The minimum atomic E-state index is -0.411. The molecule has 0 unspecified atom stereocenters. The van der Waals surface area contributed by atoms with Crippen LogP contribution in [0.15, 0.2) is 60.7 Å². The van der Waals surface area contributed by atoms with Crippen molar-refractivity contribution in [3.8, 4) is 0 Å². The van der Waals surface area contributed by atoms with Gasteiger partial charge >= 0.3 is 0 Å². The van der Waals surface area contributed by atoms with Crippen LogP contribution in [0.2, 0.25) is 0 Å². The van der Waals surface area contributed by atoms with Crippen molar-refractivity contribution >= 4 is 11.8 Å². The van der Waals surface area contributed by atoms with Gasteiger partial charge in [0.25, 0.3) is 0 Å². The molecular weight excluding hydrogens is 324 g/mol. The Bertz CT molecular complexity index is 683. The number of nitrogens with one attached hydrogen (secondary N) is 1. The van der Waals surface area contributed by atoms with Gasteiger partial charge in [-0.1, -0.05) is 67.6 Å². The second-order valence-corrected chi connectivity index (χ2v) is 7.04. The highest BCUT2D eigenvalue weighted by atomic mass is 16.2. The predicted octanol–water partition coefficient (Wildman–Crippen LogP) is 3.19. The number of likely N-dealkylation sites (tertiary alicyclic amines) is 1. The summed E-state index contributed by atoms with van der Waals surface area (Å²) < 4.78 is 0. The highest BCUT2D eigenvalue weighted by Gasteiger charge is 2.25. The predicted molar refractivity (Wildman–Crippen MR) is 103 cm³/mol. The van der Waals surface area contributed by atoms with Gasteiger partial charge in [-0.3, -0.25) is 9.59 Å². The fourth-order valence-electron chi connectivity index (χ4n) is 3.42. The van der Waals surface area contributed by atoms with E-state index in [1.807, 2.05) is 65.6 Å². The molecule has 2 aromatic rings. The summed E-state index contributed by atoms with van der Waals surface area (Å²) in [7, 11) is 0. The van der Waals surface area contributed by atoms with E-state index in [-0.39, 0.29) is 18.4 Å². The standard InChI is InChI=1S/C22H26N2O2/c1-17-12-14-24(15-13-17)20(25)16-23-22(26)21(18-8-4-2-5-9-18)19-10-6-3-7-11-19/h2-11,17,21H,12-16H2,1H3,(H,23,26). The van der Waals surface area contributed by atoms with E-state index >= 15 is 0 Å². The van der Waals surface area contributed by atoms with Crippen LogP contribution < -0.4 is 5.32 Å². The first kappa shape index (κ1) is 18.2. The largest absolute Gasteiger partial charge is 0.346 e. The summed E-state index contributed by atoms with van der Waals surface area (Å²) in [5.41, 5.74) is 1.85. The molecular formula is C22H26N2O2. The molecule has 0 radical (unpaired) electrons. The van der Waals surface area contributed by atoms with E-state index < -0.39 is 5.92 Å². The van der Waals surface area contributed by atoms with Gasteiger partial charge in [0.1, 0.15) is 0 Å². The average molecular weight is 350 g/mol. The van der Waals surface area contributed by atoms with Crippen LogP contribution in [-0.2, 0) is 9.59 Å². The van der Waals surface area contributed by atoms with Gasteiger partial charge in [-0.15, -0.1) is 0 Å². The lowest BCUT2D eigenvalue weighted by molar-refractivity contribution is -0.134. The molecule has 0 spiro atoms. The molecule has 1 N–H and O–H groups in total. The van der Waals surface area contributed by atoms with Gasteiger partial charge in [-0.2, -0.15) is 0 Å². The van der Waals surface area contributed by atoms with Crippen LogP contribution in [0, 0.1) is 5.92 Å². The smallest absolute Gasteiger partial charge is 0.241 e. The summed E-state index contributed by atoms with van der Waals surface area (Å²) >= 11 is 0. The Hall–Kier alpha value is -2.62. The number of carbonyl (C=O) groups is 2. The fraction of sp³-hybridized carbons (Fsp3) is 0.364. The van der Waals surface area contributed by atoms with Crippen molar-refractivity contribution in [2.75, 3.05) is 19.6 Å². The van der Waals surface area contributed by atoms with Gasteiger partial charge < -0.3 is 10.2 Å². The molecule has 3 rings (SSSR count). The monoisotopic (exact) mass is 350 g/mol. The minimum absolute atomic E-state index is 0.00474. The topological polar surface area (TPSA) is 49.4 Å². The third-order valence-electron chi connectivity index (χ3n) is 5.08. The molecule has 1 heterocycles. The molecule has 1 fully saturated rings. The number of rotatable bonds is 5. The first-order valence-electron chi connectivity index (χ1n) is 9.30. The zero-order valence-electron chi connectivity index (χ0n) is 15.2. The van der Waals surface area contributed by atoms with Crippen LogP contribution in [0.1, 0.15) is 36.8 Å². The molecule has 2 aromatic carbocycles. The number of hydrogen-bond acceptors (Lipinski definition) is 2. The Morgan fingerprint density at radius 1 is 0.962 bits per heavy atom. The maximum Gasteiger partial charge on any atom is 0.241 e. The van der Waals surface area contributed by atoms with Crippen LogP contribution in [0.25, 0.3) is 0 Å². The van der Waals surface area contributed by atoms with Gasteiger partial charge in [0.15, 0.2) is 0 Å². The number of piperidine rings is 1. The van der Waals surface area contributed by atoms with E-state index in [2.05, 4.69) is 12.2 Å². The van der Waals surface area contributed by atoms with E-state index in [0.29, 0.717) is 5.92 Å². The van der Waals surface area contributed by atoms with E-state index in [9.17, 15) is 9.59 Å². The molecule has 26 heavy (non-hydrogen) atoms. The lowest BCUT2D eigenvalue weighted by Crippen LogP contribution is -2.44. The lowest BCUT2D eigenvalue weighted by atomic mass is 9.90. The molecule has 0 saturated carbocycles. The van der Waals surface area contributed by atoms with Gasteiger partial charge in [0.05, 0.1) is 12.5 Å². The summed E-state index contributed by atoms with van der Waals surface area (Å²) in [5, 5.41) is 2.86. The first-order valence-corrected chi connectivity index (χ1v) is 9.30. The van der Waals surface area contributed by atoms with Gasteiger partial charge in [-0.25, -0.2) is 0 Å². The first-order chi connectivity index (χ1) is 12.6. The van der Waals surface area contributed by atoms with E-state index in [4.69, 9.17) is 0 Å². The van der Waals surface area contributed by atoms with Crippen molar-refractivity contribution in [3.63, 3.8) is 0 Å². The van der Waals surface area contributed by atoms with Gasteiger partial charge in [-0.05, 0) is 29.9 Å². The molecule has 0 atom stereocenters. The van der Waals surface area contributed by atoms with Crippen LogP contribution in [0.3, 0.4) is 0 Å². The number of carbonyl (C=O) groups excluding carboxylic acids is 2. The van der Waals surface area contributed by atoms with Crippen LogP contribution in [-0.4, -0.2) is 36.3 Å². The van der Waals surface area contributed by atoms with Crippen LogP contribution >= 0.6 is 0 Å². The number of benzene rings is 2. The molecule has 136 valence electrons. The van der Waals surface area contributed by atoms with Crippen LogP contribution in [0.5, 0.6) is 0 Å². The second-order valence-electron chi connectivity index (χ2n) is 7.04. The van der Waals surface area contributed by atoms with Crippen molar-refractivity contribution in [2.45, 2.75) is 25.7 Å². The van der Waals surface area contributed by atoms with Crippen LogP contribution in [0.4, 0.5) is 0 Å². The molecule has 0 aromatic heterocycles. The number of hydrogen-bond donors (Lipinski definition) is 1. The van der Waals surface area contributed by atoms with Crippen molar-refractivity contribution in [1.29, 1.82) is 0 Å². The third kappa shape index (κ3) is 4.51. The van der Waals surface area contributed by atoms with Gasteiger partial charge in [0.2, 0.25) is 11.8 Å². The van der Waals surface area contributed by atoms with Crippen molar-refractivity contribution in [1.82, 2.24) is 10.2 Å². The van der Waals surface area contributed by atoms with Crippen molar-refractivity contribution in [2.24, 2.45) is 5.92 Å². The zero-order chi connectivity index (χ0) is 18.4. The number of nitrogens with zero attached hydrogens (tertiary/aromatic N) is 1. The molecule has 1 aliphatic rings. The summed E-state index contributed by atoms with van der Waals surface area (Å²) in [4.78, 5) is 27.2. The number of amides is 2. The highest BCUT2D eigenvalue weighted by Crippen LogP contribution is 2.24. The summed E-state index contributed by atoms with van der Waals surface area (Å²) in [6, 6.07) is 19.4. The van der Waals surface area contributed by atoms with Crippen molar-refractivity contribution in [3.05, 3.63) is 71.8 Å². The zero-order valence-corrected chi connectivity index (χ0v) is 15.2. The summed E-state index contributed by atoms with van der Waals surface area (Å²) in [6.45, 7) is 3.85. The van der Waals surface area contributed by atoms with Crippen molar-refractivity contribution < 1.29 is 9.59 Å². The molecule has 4 heteroatoms. The second kappa shape index (κ2) is 8.65. The molecule has 1 aliphatic heterocycles. The quantitative estimate of drug-likeness (QED) is 0.900. The molecule has 1 saturated heterocycles. The maximum atomic E-state index is 12.9. The third-order valence-corrected chi connectivity index (χ3v) is 5.08. The Kier molecular flexibility index (Phi) is 6.05. The molecule has 4 nitrogen and oxygen atoms in total. The average Bonchev–Trinajstić information content (AvgIpc) is 2.68. The maximum absolute atomic E-state index is 12.9. The Labute approximate surface area is 155 Å². The highest BCUT2D eigenvalue weighted by molar-refractivity contribution is 5.90. The Morgan fingerprint density at radius 3 is 1.96 bits per heavy atom. The SMILES string of the molecule is CC1CCN(C(=O)CNC(=O)C(c2ccccc2)c2ccccc2)CC1.